The number of rotatable bonds is 2. The van der Waals surface area contributed by atoms with Gasteiger partial charge in [0.05, 0.1) is 5.52 Å². The van der Waals surface area contributed by atoms with Crippen molar-refractivity contribution in [2.75, 3.05) is 6.61 Å². The van der Waals surface area contributed by atoms with Crippen molar-refractivity contribution >= 4 is 26.8 Å². The lowest BCUT2D eigenvalue weighted by atomic mass is 10.2. The van der Waals surface area contributed by atoms with Crippen LogP contribution in [0.3, 0.4) is 0 Å². The minimum atomic E-state index is -4.35. The summed E-state index contributed by atoms with van der Waals surface area (Å²) in [5.74, 6) is 0.175. The number of halogens is 4. The summed E-state index contributed by atoms with van der Waals surface area (Å²) in [4.78, 5) is 4.05. The quantitative estimate of drug-likeness (QED) is 0.838. The van der Waals surface area contributed by atoms with Crippen LogP contribution in [0.25, 0.3) is 10.9 Å². The number of hydrogen-bond donors (Lipinski definition) is 0. The van der Waals surface area contributed by atoms with Crippen LogP contribution < -0.4 is 4.74 Å². The van der Waals surface area contributed by atoms with Gasteiger partial charge in [-0.3, -0.25) is 4.98 Å². The molecule has 90 valence electrons. The molecule has 0 spiro atoms. The fourth-order valence-electron chi connectivity index (χ4n) is 1.38. The van der Waals surface area contributed by atoms with E-state index in [1.165, 1.54) is 12.3 Å². The second kappa shape index (κ2) is 4.52. The number of benzene rings is 1. The van der Waals surface area contributed by atoms with Crippen molar-refractivity contribution in [2.45, 2.75) is 6.18 Å². The SMILES string of the molecule is FC(F)(F)COc1ccnc2ccc(Br)cc12. The van der Waals surface area contributed by atoms with E-state index in [9.17, 15) is 13.2 Å². The van der Waals surface area contributed by atoms with Crippen LogP contribution in [0.1, 0.15) is 0 Å². The summed E-state index contributed by atoms with van der Waals surface area (Å²) < 4.78 is 41.7. The average molecular weight is 306 g/mol. The van der Waals surface area contributed by atoms with E-state index in [1.807, 2.05) is 0 Å². The smallest absolute Gasteiger partial charge is 0.422 e. The Balaban J connectivity index is 2.36. The third-order valence-corrected chi connectivity index (χ3v) is 2.55. The van der Waals surface area contributed by atoms with Crippen LogP contribution in [0, 0.1) is 0 Å². The van der Waals surface area contributed by atoms with Gasteiger partial charge >= 0.3 is 6.18 Å². The number of ether oxygens (including phenoxy) is 1. The van der Waals surface area contributed by atoms with Crippen LogP contribution in [0.4, 0.5) is 13.2 Å². The number of aromatic nitrogens is 1. The Bertz CT molecular complexity index is 542. The van der Waals surface area contributed by atoms with Gasteiger partial charge in [0.15, 0.2) is 6.61 Å². The zero-order chi connectivity index (χ0) is 12.5. The number of fused-ring (bicyclic) bond motifs is 1. The van der Waals surface area contributed by atoms with Crippen LogP contribution in [0.5, 0.6) is 5.75 Å². The summed E-state index contributed by atoms with van der Waals surface area (Å²) in [6.07, 6.45) is -2.93. The Hall–Kier alpha value is -1.30. The topological polar surface area (TPSA) is 22.1 Å². The lowest BCUT2D eigenvalue weighted by molar-refractivity contribution is -0.153. The van der Waals surface area contributed by atoms with E-state index in [0.717, 1.165) is 4.47 Å². The maximum atomic E-state index is 12.1. The van der Waals surface area contributed by atoms with E-state index in [0.29, 0.717) is 10.9 Å². The summed E-state index contributed by atoms with van der Waals surface area (Å²) in [7, 11) is 0. The number of alkyl halides is 3. The average Bonchev–Trinajstić information content (AvgIpc) is 2.25. The van der Waals surface area contributed by atoms with Gasteiger partial charge in [0.2, 0.25) is 0 Å². The third-order valence-electron chi connectivity index (χ3n) is 2.05. The van der Waals surface area contributed by atoms with Crippen molar-refractivity contribution in [3.05, 3.63) is 34.9 Å². The first kappa shape index (κ1) is 12.2. The van der Waals surface area contributed by atoms with Gasteiger partial charge in [-0.1, -0.05) is 15.9 Å². The molecule has 0 unspecified atom stereocenters. The maximum Gasteiger partial charge on any atom is 0.422 e. The zero-order valence-electron chi connectivity index (χ0n) is 8.46. The van der Waals surface area contributed by atoms with E-state index in [2.05, 4.69) is 20.9 Å². The molecule has 0 saturated carbocycles. The lowest BCUT2D eigenvalue weighted by Crippen LogP contribution is -2.19. The summed E-state index contributed by atoms with van der Waals surface area (Å²) in [6, 6.07) is 6.57. The summed E-state index contributed by atoms with van der Waals surface area (Å²) in [5, 5.41) is 0.547. The molecule has 6 heteroatoms. The number of hydrogen-bond acceptors (Lipinski definition) is 2. The van der Waals surface area contributed by atoms with E-state index < -0.39 is 12.8 Å². The van der Waals surface area contributed by atoms with Crippen LogP contribution in [-0.4, -0.2) is 17.8 Å². The summed E-state index contributed by atoms with van der Waals surface area (Å²) in [5.41, 5.74) is 0.591. The lowest BCUT2D eigenvalue weighted by Gasteiger charge is -2.11. The van der Waals surface area contributed by atoms with Crippen molar-refractivity contribution in [1.29, 1.82) is 0 Å². The largest absolute Gasteiger partial charge is 0.483 e. The van der Waals surface area contributed by atoms with E-state index in [1.54, 1.807) is 18.2 Å². The molecule has 17 heavy (non-hydrogen) atoms. The Morgan fingerprint density at radius 1 is 1.24 bits per heavy atom. The Morgan fingerprint density at radius 2 is 2.00 bits per heavy atom. The molecule has 0 radical (unpaired) electrons. The molecule has 0 aliphatic carbocycles. The maximum absolute atomic E-state index is 12.1. The highest BCUT2D eigenvalue weighted by Gasteiger charge is 2.28. The van der Waals surface area contributed by atoms with Crippen molar-refractivity contribution in [2.24, 2.45) is 0 Å². The molecule has 2 nitrogen and oxygen atoms in total. The minimum Gasteiger partial charge on any atom is -0.483 e. The molecule has 0 aliphatic rings. The molecule has 0 N–H and O–H groups in total. The van der Waals surface area contributed by atoms with Gasteiger partial charge in [-0.05, 0) is 24.3 Å². The van der Waals surface area contributed by atoms with Crippen LogP contribution >= 0.6 is 15.9 Å². The molecule has 0 amide bonds. The molecule has 0 aliphatic heterocycles. The molecule has 1 heterocycles. The van der Waals surface area contributed by atoms with Crippen LogP contribution in [0.2, 0.25) is 0 Å². The van der Waals surface area contributed by atoms with Crippen molar-refractivity contribution in [3.63, 3.8) is 0 Å². The molecule has 1 aromatic carbocycles. The van der Waals surface area contributed by atoms with Gasteiger partial charge in [0.25, 0.3) is 0 Å². The minimum absolute atomic E-state index is 0.175. The van der Waals surface area contributed by atoms with E-state index >= 15 is 0 Å². The van der Waals surface area contributed by atoms with Crippen molar-refractivity contribution in [3.8, 4) is 5.75 Å². The molecule has 0 bridgehead atoms. The molecule has 0 fully saturated rings. The molecule has 0 atom stereocenters. The van der Waals surface area contributed by atoms with Gasteiger partial charge in [0, 0.05) is 16.1 Å². The third kappa shape index (κ3) is 3.09. The van der Waals surface area contributed by atoms with E-state index in [4.69, 9.17) is 4.74 Å². The van der Waals surface area contributed by atoms with Gasteiger partial charge < -0.3 is 4.74 Å². The molecule has 1 aromatic heterocycles. The fourth-order valence-corrected chi connectivity index (χ4v) is 1.74. The summed E-state index contributed by atoms with van der Waals surface area (Å²) >= 11 is 3.25. The molecular weight excluding hydrogens is 299 g/mol. The highest BCUT2D eigenvalue weighted by atomic mass is 79.9. The molecule has 2 aromatic rings. The highest BCUT2D eigenvalue weighted by molar-refractivity contribution is 9.10. The second-order valence-corrected chi connectivity index (χ2v) is 4.29. The molecule has 2 rings (SSSR count). The van der Waals surface area contributed by atoms with Crippen LogP contribution in [0.15, 0.2) is 34.9 Å². The second-order valence-electron chi connectivity index (χ2n) is 3.37. The van der Waals surface area contributed by atoms with E-state index in [-0.39, 0.29) is 5.75 Å². The van der Waals surface area contributed by atoms with Crippen molar-refractivity contribution < 1.29 is 17.9 Å². The van der Waals surface area contributed by atoms with Gasteiger partial charge in [-0.15, -0.1) is 0 Å². The first-order chi connectivity index (χ1) is 7.96. The highest BCUT2D eigenvalue weighted by Crippen LogP contribution is 2.28. The normalized spacial score (nSPS) is 11.8. The first-order valence-electron chi connectivity index (χ1n) is 4.69. The van der Waals surface area contributed by atoms with Crippen molar-refractivity contribution in [1.82, 2.24) is 4.98 Å². The Morgan fingerprint density at radius 3 is 2.71 bits per heavy atom. The van der Waals surface area contributed by atoms with Gasteiger partial charge in [0.1, 0.15) is 5.75 Å². The predicted octanol–water partition coefficient (Wildman–Crippen LogP) is 3.94. The summed E-state index contributed by atoms with van der Waals surface area (Å²) in [6.45, 7) is -1.31. The number of nitrogens with zero attached hydrogens (tertiary/aromatic N) is 1. The Labute approximate surface area is 104 Å². The zero-order valence-corrected chi connectivity index (χ0v) is 10.0. The van der Waals surface area contributed by atoms with Gasteiger partial charge in [-0.2, -0.15) is 13.2 Å². The molecular formula is C11H7BrF3NO. The Kier molecular flexibility index (Phi) is 3.24. The monoisotopic (exact) mass is 305 g/mol. The fraction of sp³-hybridized carbons (Fsp3) is 0.182. The standard InChI is InChI=1S/C11H7BrF3NO/c12-7-1-2-9-8(5-7)10(3-4-16-9)17-6-11(13,14)15/h1-5H,6H2. The molecule has 0 saturated heterocycles. The number of pyridine rings is 1. The van der Waals surface area contributed by atoms with Gasteiger partial charge in [-0.25, -0.2) is 0 Å². The predicted molar refractivity (Wildman–Crippen MR) is 61.0 cm³/mol. The van der Waals surface area contributed by atoms with Crippen LogP contribution in [-0.2, 0) is 0 Å². The first-order valence-corrected chi connectivity index (χ1v) is 5.49.